The molecule has 0 saturated carbocycles. The Kier molecular flexibility index (Phi) is 12.5. The molecule has 2 amide bonds. The van der Waals surface area contributed by atoms with Gasteiger partial charge in [-0.25, -0.2) is 0 Å². The van der Waals surface area contributed by atoms with E-state index in [0.29, 0.717) is 0 Å². The summed E-state index contributed by atoms with van der Waals surface area (Å²) in [5.74, 6) is -0.206. The molecule has 0 aliphatic rings. The molecule has 0 aliphatic heterocycles. The lowest BCUT2D eigenvalue weighted by atomic mass is 10.1. The van der Waals surface area contributed by atoms with Crippen LogP contribution in [0.15, 0.2) is 25.3 Å². The summed E-state index contributed by atoms with van der Waals surface area (Å²) in [7, 11) is 4.09. The Labute approximate surface area is 129 Å². The fraction of sp³-hybridized carbons (Fsp3) is 0.625. The third kappa shape index (κ3) is 20.8. The zero-order valence-electron chi connectivity index (χ0n) is 14.2. The van der Waals surface area contributed by atoms with Crippen LogP contribution in [0.2, 0.25) is 0 Å². The first kappa shape index (κ1) is 21.7. The zero-order valence-corrected chi connectivity index (χ0v) is 14.2. The van der Waals surface area contributed by atoms with Crippen molar-refractivity contribution in [2.45, 2.75) is 39.2 Å². The van der Waals surface area contributed by atoms with Crippen molar-refractivity contribution in [1.82, 2.24) is 15.5 Å². The molecule has 0 unspecified atom stereocenters. The third-order valence-corrected chi connectivity index (χ3v) is 2.20. The Hall–Kier alpha value is -1.62. The van der Waals surface area contributed by atoms with Gasteiger partial charge in [-0.15, -0.1) is 0 Å². The van der Waals surface area contributed by atoms with E-state index in [-0.39, 0.29) is 17.4 Å². The number of hydrogen-bond acceptors (Lipinski definition) is 3. The summed E-state index contributed by atoms with van der Waals surface area (Å²) >= 11 is 0. The van der Waals surface area contributed by atoms with Gasteiger partial charge in [0, 0.05) is 12.1 Å². The Morgan fingerprint density at radius 3 is 1.90 bits per heavy atom. The monoisotopic (exact) mass is 297 g/mol. The molecule has 5 heteroatoms. The van der Waals surface area contributed by atoms with Gasteiger partial charge in [-0.05, 0) is 66.4 Å². The topological polar surface area (TPSA) is 61.4 Å². The number of amides is 2. The maximum Gasteiger partial charge on any atom is 0.243 e. The maximum atomic E-state index is 10.7. The van der Waals surface area contributed by atoms with Gasteiger partial charge in [-0.3, -0.25) is 9.59 Å². The smallest absolute Gasteiger partial charge is 0.243 e. The van der Waals surface area contributed by atoms with Crippen LogP contribution in [0.4, 0.5) is 0 Å². The molecule has 0 fully saturated rings. The van der Waals surface area contributed by atoms with Gasteiger partial charge in [0.15, 0.2) is 0 Å². The molecule has 0 aromatic heterocycles. The van der Waals surface area contributed by atoms with E-state index in [1.807, 2.05) is 34.9 Å². The van der Waals surface area contributed by atoms with E-state index in [9.17, 15) is 9.59 Å². The second-order valence-electron chi connectivity index (χ2n) is 5.95. The number of carbonyl (C=O) groups excluding carboxylic acids is 2. The summed E-state index contributed by atoms with van der Waals surface area (Å²) in [6, 6.07) is 0. The van der Waals surface area contributed by atoms with Crippen LogP contribution in [0.1, 0.15) is 33.6 Å². The highest BCUT2D eigenvalue weighted by Crippen LogP contribution is 1.97. The first-order chi connectivity index (χ1) is 9.62. The number of rotatable bonds is 7. The first-order valence-corrected chi connectivity index (χ1v) is 7.12. The van der Waals surface area contributed by atoms with Gasteiger partial charge in [0.2, 0.25) is 11.8 Å². The maximum absolute atomic E-state index is 10.7. The Bertz CT molecular complexity index is 331. The standard InChI is InChI=1S/C9H18N2O.C7H13NO/c1-4-9(12)10-7-5-6-8-11(2)3;1-5-6(9)8-7(2,3)4/h4H,1,5-8H2,2-3H3,(H,10,12);5H,1H2,2-4H3,(H,8,9). The van der Waals surface area contributed by atoms with Crippen LogP contribution < -0.4 is 10.6 Å². The van der Waals surface area contributed by atoms with Gasteiger partial charge in [-0.2, -0.15) is 0 Å². The van der Waals surface area contributed by atoms with E-state index in [4.69, 9.17) is 0 Å². The van der Waals surface area contributed by atoms with Crippen molar-refractivity contribution in [3.63, 3.8) is 0 Å². The summed E-state index contributed by atoms with van der Waals surface area (Å²) in [6.07, 6.45) is 4.71. The van der Waals surface area contributed by atoms with Gasteiger partial charge in [-0.1, -0.05) is 13.2 Å². The highest BCUT2D eigenvalue weighted by Gasteiger charge is 2.10. The predicted molar refractivity (Wildman–Crippen MR) is 89.1 cm³/mol. The Morgan fingerprint density at radius 2 is 1.57 bits per heavy atom. The van der Waals surface area contributed by atoms with Crippen LogP contribution in [-0.4, -0.2) is 49.4 Å². The molecule has 0 aromatic carbocycles. The van der Waals surface area contributed by atoms with Crippen LogP contribution in [0.25, 0.3) is 0 Å². The third-order valence-electron chi connectivity index (χ3n) is 2.20. The van der Waals surface area contributed by atoms with Crippen molar-refractivity contribution < 1.29 is 9.59 Å². The average Bonchev–Trinajstić information content (AvgIpc) is 2.36. The Balaban J connectivity index is 0. The number of hydrogen-bond donors (Lipinski definition) is 2. The molecule has 5 nitrogen and oxygen atoms in total. The lowest BCUT2D eigenvalue weighted by Crippen LogP contribution is -2.39. The summed E-state index contributed by atoms with van der Waals surface area (Å²) in [5, 5.41) is 5.44. The van der Waals surface area contributed by atoms with Gasteiger partial charge in [0.25, 0.3) is 0 Å². The molecule has 0 rings (SSSR count). The van der Waals surface area contributed by atoms with Gasteiger partial charge in [0.1, 0.15) is 0 Å². The second-order valence-corrected chi connectivity index (χ2v) is 5.95. The quantitative estimate of drug-likeness (QED) is 0.555. The highest BCUT2D eigenvalue weighted by atomic mass is 16.2. The minimum Gasteiger partial charge on any atom is -0.353 e. The largest absolute Gasteiger partial charge is 0.353 e. The van der Waals surface area contributed by atoms with Crippen molar-refractivity contribution in [2.24, 2.45) is 0 Å². The van der Waals surface area contributed by atoms with E-state index in [1.165, 1.54) is 12.2 Å². The van der Waals surface area contributed by atoms with Crippen molar-refractivity contribution in [3.05, 3.63) is 25.3 Å². The summed E-state index contributed by atoms with van der Waals surface area (Å²) in [6.45, 7) is 14.3. The molecule has 0 saturated heterocycles. The molecule has 0 atom stereocenters. The van der Waals surface area contributed by atoms with Gasteiger partial charge >= 0.3 is 0 Å². The molecule has 0 aromatic rings. The molecule has 2 N–H and O–H groups in total. The number of nitrogens with one attached hydrogen (secondary N) is 2. The molecule has 0 aliphatic carbocycles. The summed E-state index contributed by atoms with van der Waals surface area (Å²) in [4.78, 5) is 23.4. The molecule has 0 heterocycles. The van der Waals surface area contributed by atoms with E-state index in [1.54, 1.807) is 0 Å². The summed E-state index contributed by atoms with van der Waals surface area (Å²) in [5.41, 5.74) is -0.148. The minimum absolute atomic E-state index is 0.0835. The highest BCUT2D eigenvalue weighted by molar-refractivity contribution is 5.87. The summed E-state index contributed by atoms with van der Waals surface area (Å²) < 4.78 is 0. The normalized spacial score (nSPS) is 10.2. The van der Waals surface area contributed by atoms with Crippen LogP contribution in [0.5, 0.6) is 0 Å². The van der Waals surface area contributed by atoms with Crippen LogP contribution in [0.3, 0.4) is 0 Å². The molecule has 21 heavy (non-hydrogen) atoms. The molecular formula is C16H31N3O2. The van der Waals surface area contributed by atoms with Crippen molar-refractivity contribution in [3.8, 4) is 0 Å². The van der Waals surface area contributed by atoms with Crippen LogP contribution >= 0.6 is 0 Å². The lowest BCUT2D eigenvalue weighted by molar-refractivity contribution is -0.118. The first-order valence-electron chi connectivity index (χ1n) is 7.12. The van der Waals surface area contributed by atoms with Crippen molar-refractivity contribution >= 4 is 11.8 Å². The van der Waals surface area contributed by atoms with Crippen LogP contribution in [0, 0.1) is 0 Å². The lowest BCUT2D eigenvalue weighted by Gasteiger charge is -2.18. The fourth-order valence-corrected chi connectivity index (χ4v) is 1.26. The van der Waals surface area contributed by atoms with Gasteiger partial charge < -0.3 is 15.5 Å². The fourth-order valence-electron chi connectivity index (χ4n) is 1.26. The molecule has 0 radical (unpaired) electrons. The molecule has 0 bridgehead atoms. The van der Waals surface area contributed by atoms with E-state index in [0.717, 1.165) is 25.9 Å². The molecule has 122 valence electrons. The van der Waals surface area contributed by atoms with Gasteiger partial charge in [0.05, 0.1) is 0 Å². The van der Waals surface area contributed by atoms with Crippen molar-refractivity contribution in [1.29, 1.82) is 0 Å². The molecular weight excluding hydrogens is 266 g/mol. The zero-order chi connectivity index (χ0) is 16.9. The number of carbonyl (C=O) groups is 2. The van der Waals surface area contributed by atoms with Crippen molar-refractivity contribution in [2.75, 3.05) is 27.2 Å². The second kappa shape index (κ2) is 12.1. The predicted octanol–water partition coefficient (Wildman–Crippen LogP) is 1.72. The van der Waals surface area contributed by atoms with E-state index < -0.39 is 0 Å². The van der Waals surface area contributed by atoms with E-state index in [2.05, 4.69) is 28.7 Å². The SMILES string of the molecule is C=CC(=O)NC(C)(C)C.C=CC(=O)NCCCCN(C)C. The van der Waals surface area contributed by atoms with Crippen LogP contribution in [-0.2, 0) is 9.59 Å². The van der Waals surface area contributed by atoms with E-state index >= 15 is 0 Å². The minimum atomic E-state index is -0.148. The average molecular weight is 297 g/mol. The number of unbranched alkanes of at least 4 members (excludes halogenated alkanes) is 1. The number of nitrogens with zero attached hydrogens (tertiary/aromatic N) is 1. The Morgan fingerprint density at radius 1 is 1.05 bits per heavy atom. The molecule has 0 spiro atoms.